The molecular weight excluding hydrogens is 645 g/mol. The number of methoxy groups -OCH3 is 1. The number of ether oxygens (including phenoxy) is 1. The van der Waals surface area contributed by atoms with Crippen LogP contribution in [0.15, 0.2) is 64.8 Å². The second-order valence-corrected chi connectivity index (χ2v) is 12.3. The molecule has 9 heteroatoms. The van der Waals surface area contributed by atoms with Gasteiger partial charge in [0.2, 0.25) is 11.8 Å². The average molecular weight is 670 g/mol. The van der Waals surface area contributed by atoms with E-state index in [1.54, 1.807) is 37.3 Å². The molecule has 2 aromatic rings. The minimum absolute atomic E-state index is 0.0168. The number of allylic oxidation sites excluding steroid dienone is 6. The topological polar surface area (TPSA) is 101 Å². The van der Waals surface area contributed by atoms with E-state index in [0.29, 0.717) is 43.0 Å². The number of phenolic OH excluding ortho intramolecular Hbond substituents is 1. The van der Waals surface area contributed by atoms with Crippen molar-refractivity contribution < 1.29 is 29.0 Å². The van der Waals surface area contributed by atoms with Gasteiger partial charge in [-0.25, -0.2) is 4.90 Å². The third kappa shape index (κ3) is 3.90. The fraction of sp³-hybridized carbons (Fsp3) is 0.290. The van der Waals surface area contributed by atoms with Crippen molar-refractivity contribution >= 4 is 63.3 Å². The number of benzene rings is 2. The van der Waals surface area contributed by atoms with Crippen molar-refractivity contribution in [3.8, 4) is 11.5 Å². The summed E-state index contributed by atoms with van der Waals surface area (Å²) in [5.41, 5.74) is 3.90. The molecule has 4 atom stereocenters. The van der Waals surface area contributed by atoms with Gasteiger partial charge >= 0.3 is 0 Å². The van der Waals surface area contributed by atoms with Gasteiger partial charge in [0.1, 0.15) is 0 Å². The first-order valence-corrected chi connectivity index (χ1v) is 14.4. The SMILES string of the molecule is COc1cc(C2C3=CCC4C(=O)N(c5ccc(C)c(Cl)c5)C(=O)C4C3CC3=C2C(=O)C=C(C)C3=O)cc(I)c1O. The molecular formula is C31H25ClINO6. The summed E-state index contributed by atoms with van der Waals surface area (Å²) in [7, 11) is 1.45. The first-order valence-electron chi connectivity index (χ1n) is 12.9. The molecule has 1 fully saturated rings. The predicted molar refractivity (Wildman–Crippen MR) is 157 cm³/mol. The number of aromatic hydroxyl groups is 1. The first kappa shape index (κ1) is 27.0. The van der Waals surface area contributed by atoms with E-state index >= 15 is 0 Å². The van der Waals surface area contributed by atoms with Crippen molar-refractivity contribution in [1.82, 2.24) is 0 Å². The summed E-state index contributed by atoms with van der Waals surface area (Å²) in [6, 6.07) is 8.57. The number of phenols is 1. The van der Waals surface area contributed by atoms with Crippen LogP contribution in [0.3, 0.4) is 0 Å². The molecule has 1 aliphatic heterocycles. The monoisotopic (exact) mass is 669 g/mol. The maximum Gasteiger partial charge on any atom is 0.238 e. The minimum Gasteiger partial charge on any atom is -0.504 e. The fourth-order valence-electron chi connectivity index (χ4n) is 6.65. The van der Waals surface area contributed by atoms with Crippen LogP contribution >= 0.6 is 34.2 Å². The van der Waals surface area contributed by atoms with Gasteiger partial charge in [-0.1, -0.05) is 29.3 Å². The molecule has 40 heavy (non-hydrogen) atoms. The summed E-state index contributed by atoms with van der Waals surface area (Å²) in [5, 5.41) is 11.0. The van der Waals surface area contributed by atoms with E-state index in [4.69, 9.17) is 16.3 Å². The van der Waals surface area contributed by atoms with Gasteiger partial charge < -0.3 is 9.84 Å². The maximum absolute atomic E-state index is 14.0. The number of aryl methyl sites for hydroxylation is 1. The Morgan fingerprint density at radius 2 is 1.80 bits per heavy atom. The molecule has 0 aromatic heterocycles. The van der Waals surface area contributed by atoms with Gasteiger partial charge in [0.25, 0.3) is 0 Å². The van der Waals surface area contributed by atoms with Crippen molar-refractivity contribution in [1.29, 1.82) is 0 Å². The molecule has 0 spiro atoms. The van der Waals surface area contributed by atoms with Gasteiger partial charge in [0, 0.05) is 27.7 Å². The van der Waals surface area contributed by atoms with Crippen molar-refractivity contribution in [2.24, 2.45) is 17.8 Å². The third-order valence-electron chi connectivity index (χ3n) is 8.58. The van der Waals surface area contributed by atoms with Crippen LogP contribution in [0.25, 0.3) is 0 Å². The van der Waals surface area contributed by atoms with E-state index in [1.165, 1.54) is 18.1 Å². The highest BCUT2D eigenvalue weighted by atomic mass is 127. The molecule has 0 radical (unpaired) electrons. The van der Waals surface area contributed by atoms with Gasteiger partial charge in [-0.05, 0) is 96.7 Å². The Kier molecular flexibility index (Phi) is 6.53. The van der Waals surface area contributed by atoms with E-state index in [2.05, 4.69) is 0 Å². The number of hydrogen-bond donors (Lipinski definition) is 1. The number of Topliss-reactive ketones (excluding diaryl/α,β-unsaturated/α-hetero) is 1. The lowest BCUT2D eigenvalue weighted by molar-refractivity contribution is -0.123. The molecule has 4 aliphatic rings. The quantitative estimate of drug-likeness (QED) is 0.198. The van der Waals surface area contributed by atoms with Gasteiger partial charge in [-0.3, -0.25) is 19.2 Å². The molecule has 2 amide bonds. The third-order valence-corrected chi connectivity index (χ3v) is 9.81. The van der Waals surface area contributed by atoms with E-state index < -0.39 is 23.7 Å². The Labute approximate surface area is 249 Å². The molecule has 4 unspecified atom stereocenters. The normalized spacial score (nSPS) is 25.9. The Morgan fingerprint density at radius 3 is 2.50 bits per heavy atom. The van der Waals surface area contributed by atoms with Crippen molar-refractivity contribution in [2.45, 2.75) is 32.6 Å². The number of fused-ring (bicyclic) bond motifs is 3. The van der Waals surface area contributed by atoms with Gasteiger partial charge in [-0.15, -0.1) is 0 Å². The van der Waals surface area contributed by atoms with Crippen molar-refractivity contribution in [2.75, 3.05) is 12.0 Å². The number of anilines is 1. The van der Waals surface area contributed by atoms with Crippen LogP contribution in [0.1, 0.15) is 36.8 Å². The molecule has 0 bridgehead atoms. The number of hydrogen-bond acceptors (Lipinski definition) is 6. The second kappa shape index (κ2) is 9.69. The first-order chi connectivity index (χ1) is 19.0. The number of nitrogens with zero attached hydrogens (tertiary/aromatic N) is 1. The highest BCUT2D eigenvalue weighted by Gasteiger charge is 2.56. The zero-order valence-electron chi connectivity index (χ0n) is 22.0. The number of halogens is 2. The van der Waals surface area contributed by atoms with E-state index in [0.717, 1.165) is 11.1 Å². The Morgan fingerprint density at radius 1 is 1.05 bits per heavy atom. The molecule has 3 aliphatic carbocycles. The maximum atomic E-state index is 14.0. The highest BCUT2D eigenvalue weighted by molar-refractivity contribution is 14.1. The molecule has 2 aromatic carbocycles. The summed E-state index contributed by atoms with van der Waals surface area (Å²) in [6.07, 6.45) is 3.87. The average Bonchev–Trinajstić information content (AvgIpc) is 3.18. The molecule has 6 rings (SSSR count). The Bertz CT molecular complexity index is 1650. The number of carbonyl (C=O) groups excluding carboxylic acids is 4. The number of rotatable bonds is 3. The lowest BCUT2D eigenvalue weighted by Gasteiger charge is -2.42. The van der Waals surface area contributed by atoms with Crippen LogP contribution in [0.4, 0.5) is 5.69 Å². The van der Waals surface area contributed by atoms with Crippen LogP contribution in [-0.4, -0.2) is 35.6 Å². The van der Waals surface area contributed by atoms with Gasteiger partial charge in [-0.2, -0.15) is 0 Å². The van der Waals surface area contributed by atoms with Crippen LogP contribution in [0.5, 0.6) is 11.5 Å². The van der Waals surface area contributed by atoms with E-state index in [1.807, 2.05) is 35.6 Å². The van der Waals surface area contributed by atoms with Crippen LogP contribution in [0, 0.1) is 28.2 Å². The second-order valence-electron chi connectivity index (χ2n) is 10.7. The number of amides is 2. The van der Waals surface area contributed by atoms with Gasteiger partial charge in [0.15, 0.2) is 23.1 Å². The standard InChI is InChI=1S/C31H25ClINO6/c1-13-4-5-16(11-21(13)32)34-30(38)18-7-6-17-19(26(18)31(34)39)12-20-27(23(35)8-14(2)28(20)36)25(17)15-9-22(33)29(37)24(10-15)40-3/h4-6,8-11,18-19,25-26,37H,7,12H2,1-3H3. The minimum atomic E-state index is -0.684. The molecule has 1 saturated heterocycles. The van der Waals surface area contributed by atoms with E-state index in [-0.39, 0.29) is 41.3 Å². The molecule has 1 N–H and O–H groups in total. The van der Waals surface area contributed by atoms with Crippen LogP contribution in [-0.2, 0) is 19.2 Å². The molecule has 1 heterocycles. The summed E-state index contributed by atoms with van der Waals surface area (Å²) in [6.45, 7) is 3.47. The Balaban J connectivity index is 1.50. The van der Waals surface area contributed by atoms with Crippen molar-refractivity contribution in [3.05, 3.63) is 84.5 Å². The van der Waals surface area contributed by atoms with E-state index in [9.17, 15) is 24.3 Å². The fourth-order valence-corrected chi connectivity index (χ4v) is 7.45. The summed E-state index contributed by atoms with van der Waals surface area (Å²) >= 11 is 8.34. The Hall–Kier alpha value is -3.24. The number of carbonyl (C=O) groups is 4. The molecule has 0 saturated carbocycles. The highest BCUT2D eigenvalue weighted by Crippen LogP contribution is 2.56. The lowest BCUT2D eigenvalue weighted by atomic mass is 9.59. The zero-order chi connectivity index (χ0) is 28.6. The predicted octanol–water partition coefficient (Wildman–Crippen LogP) is 5.60. The largest absolute Gasteiger partial charge is 0.504 e. The lowest BCUT2D eigenvalue weighted by Crippen LogP contribution is -2.39. The summed E-state index contributed by atoms with van der Waals surface area (Å²) in [4.78, 5) is 55.8. The van der Waals surface area contributed by atoms with Gasteiger partial charge in [0.05, 0.1) is 28.2 Å². The number of imide groups is 1. The molecule has 7 nitrogen and oxygen atoms in total. The smallest absolute Gasteiger partial charge is 0.238 e. The molecule has 204 valence electrons. The summed E-state index contributed by atoms with van der Waals surface area (Å²) in [5.74, 6) is -3.19. The van der Waals surface area contributed by atoms with Crippen LogP contribution in [0.2, 0.25) is 5.02 Å². The zero-order valence-corrected chi connectivity index (χ0v) is 24.9. The van der Waals surface area contributed by atoms with Crippen LogP contribution < -0.4 is 9.64 Å². The number of ketones is 2. The van der Waals surface area contributed by atoms with Crippen molar-refractivity contribution in [3.63, 3.8) is 0 Å². The summed E-state index contributed by atoms with van der Waals surface area (Å²) < 4.78 is 5.93.